The Balaban J connectivity index is 1.87. The molecule has 3 unspecified atom stereocenters. The number of carbonyl (C=O) groups excluding carboxylic acids is 2. The van der Waals surface area contributed by atoms with Crippen LogP contribution >= 0.6 is 0 Å². The quantitative estimate of drug-likeness (QED) is 0.776. The molecule has 1 aliphatic heterocycles. The normalized spacial score (nSPS) is 30.8. The molecule has 3 rings (SSSR count). The molecule has 5 N–H and O–H groups in total. The first-order valence-electron chi connectivity index (χ1n) is 8.01. The molecule has 0 bridgehead atoms. The van der Waals surface area contributed by atoms with Gasteiger partial charge in [-0.1, -0.05) is 13.8 Å². The molecule has 130 valence electrons. The zero-order chi connectivity index (χ0) is 17.7. The van der Waals surface area contributed by atoms with Gasteiger partial charge in [-0.2, -0.15) is 0 Å². The van der Waals surface area contributed by atoms with E-state index in [1.807, 2.05) is 13.8 Å². The van der Waals surface area contributed by atoms with Crippen LogP contribution in [0.15, 0.2) is 18.2 Å². The lowest BCUT2D eigenvalue weighted by Gasteiger charge is -2.65. The standard InChI is InChI=1S/C17H22FN3O3/c1-16(2)13-10(4-3-7-24-13)17(16,20)15(23)21-12-8-9(14(19)22)5-6-11(12)18/h5-6,8,10,13H,3-4,7,20H2,1-2H3,(H2,19,22)(H,21,23). The minimum Gasteiger partial charge on any atom is -0.377 e. The largest absolute Gasteiger partial charge is 0.377 e. The summed E-state index contributed by atoms with van der Waals surface area (Å²) in [5, 5.41) is 2.53. The Morgan fingerprint density at radius 3 is 2.75 bits per heavy atom. The number of ether oxygens (including phenoxy) is 1. The van der Waals surface area contributed by atoms with E-state index in [1.54, 1.807) is 0 Å². The molecule has 0 spiro atoms. The molecule has 2 aliphatic rings. The molecule has 2 amide bonds. The first kappa shape index (κ1) is 16.9. The summed E-state index contributed by atoms with van der Waals surface area (Å²) in [7, 11) is 0. The van der Waals surface area contributed by atoms with Gasteiger partial charge >= 0.3 is 0 Å². The highest BCUT2D eigenvalue weighted by Gasteiger charge is 2.70. The van der Waals surface area contributed by atoms with Crippen molar-refractivity contribution < 1.29 is 18.7 Å². The third-order valence-corrected chi connectivity index (χ3v) is 5.56. The molecular formula is C17H22FN3O3. The second-order valence-corrected chi connectivity index (χ2v) is 7.14. The van der Waals surface area contributed by atoms with Crippen LogP contribution in [0.1, 0.15) is 37.0 Å². The summed E-state index contributed by atoms with van der Waals surface area (Å²) in [6.45, 7) is 4.43. The van der Waals surface area contributed by atoms with E-state index < -0.39 is 28.6 Å². The molecule has 1 aromatic rings. The molecule has 0 radical (unpaired) electrons. The van der Waals surface area contributed by atoms with Crippen LogP contribution in [0.3, 0.4) is 0 Å². The van der Waals surface area contributed by atoms with Gasteiger partial charge in [0.15, 0.2) is 0 Å². The van der Waals surface area contributed by atoms with Crippen molar-refractivity contribution in [3.8, 4) is 0 Å². The maximum atomic E-state index is 14.0. The van der Waals surface area contributed by atoms with Crippen molar-refractivity contribution in [3.05, 3.63) is 29.6 Å². The molecule has 0 aromatic heterocycles. The van der Waals surface area contributed by atoms with Gasteiger partial charge in [0.05, 0.1) is 11.8 Å². The first-order chi connectivity index (χ1) is 11.2. The van der Waals surface area contributed by atoms with Crippen LogP contribution in [0, 0.1) is 17.2 Å². The van der Waals surface area contributed by atoms with Gasteiger partial charge in [-0.3, -0.25) is 9.59 Å². The zero-order valence-electron chi connectivity index (χ0n) is 13.8. The van der Waals surface area contributed by atoms with Crippen molar-refractivity contribution in [2.45, 2.75) is 38.3 Å². The smallest absolute Gasteiger partial charge is 0.248 e. The molecule has 24 heavy (non-hydrogen) atoms. The van der Waals surface area contributed by atoms with E-state index in [9.17, 15) is 14.0 Å². The number of fused-ring (bicyclic) bond motifs is 1. The highest BCUT2D eigenvalue weighted by Crippen LogP contribution is 2.57. The number of benzene rings is 1. The van der Waals surface area contributed by atoms with Gasteiger partial charge in [0.25, 0.3) is 0 Å². The second kappa shape index (κ2) is 5.53. The summed E-state index contributed by atoms with van der Waals surface area (Å²) < 4.78 is 19.8. The van der Waals surface area contributed by atoms with Crippen molar-refractivity contribution in [1.82, 2.24) is 0 Å². The number of amides is 2. The van der Waals surface area contributed by atoms with Gasteiger partial charge < -0.3 is 21.5 Å². The number of carbonyl (C=O) groups is 2. The van der Waals surface area contributed by atoms with E-state index in [0.29, 0.717) is 6.61 Å². The van der Waals surface area contributed by atoms with Crippen LogP contribution < -0.4 is 16.8 Å². The fourth-order valence-electron chi connectivity index (χ4n) is 4.04. The summed E-state index contributed by atoms with van der Waals surface area (Å²) in [6, 6.07) is 3.58. The number of hydrogen-bond acceptors (Lipinski definition) is 4. The van der Waals surface area contributed by atoms with Crippen molar-refractivity contribution >= 4 is 17.5 Å². The maximum absolute atomic E-state index is 14.0. The summed E-state index contributed by atoms with van der Waals surface area (Å²) in [5.74, 6) is -1.92. The van der Waals surface area contributed by atoms with E-state index in [2.05, 4.69) is 5.32 Å². The van der Waals surface area contributed by atoms with E-state index in [0.717, 1.165) is 18.9 Å². The van der Waals surface area contributed by atoms with Gasteiger partial charge in [-0.15, -0.1) is 0 Å². The maximum Gasteiger partial charge on any atom is 0.248 e. The Hall–Kier alpha value is -1.99. The Kier molecular flexibility index (Phi) is 3.88. The number of anilines is 1. The average molecular weight is 335 g/mol. The van der Waals surface area contributed by atoms with Crippen LogP contribution in [0.25, 0.3) is 0 Å². The van der Waals surface area contributed by atoms with Crippen LogP contribution in [0.2, 0.25) is 0 Å². The lowest BCUT2D eigenvalue weighted by molar-refractivity contribution is -0.222. The van der Waals surface area contributed by atoms with Crippen LogP contribution in [-0.2, 0) is 9.53 Å². The van der Waals surface area contributed by atoms with E-state index in [1.165, 1.54) is 12.1 Å². The monoisotopic (exact) mass is 335 g/mol. The van der Waals surface area contributed by atoms with Gasteiger partial charge in [-0.25, -0.2) is 4.39 Å². The molecule has 1 aliphatic carbocycles. The molecule has 1 saturated carbocycles. The average Bonchev–Trinajstić information content (AvgIpc) is 2.55. The molecule has 1 saturated heterocycles. The molecule has 1 heterocycles. The molecule has 6 nitrogen and oxygen atoms in total. The third kappa shape index (κ3) is 2.22. The van der Waals surface area contributed by atoms with Crippen LogP contribution in [0.4, 0.5) is 10.1 Å². The number of nitrogens with one attached hydrogen (secondary N) is 1. The fraction of sp³-hybridized carbons (Fsp3) is 0.529. The Morgan fingerprint density at radius 2 is 2.08 bits per heavy atom. The van der Waals surface area contributed by atoms with Crippen LogP contribution in [-0.4, -0.2) is 30.1 Å². The fourth-order valence-corrected chi connectivity index (χ4v) is 4.04. The number of halogens is 1. The van der Waals surface area contributed by atoms with Gasteiger partial charge in [0.1, 0.15) is 11.4 Å². The van der Waals surface area contributed by atoms with Gasteiger partial charge in [-0.05, 0) is 31.0 Å². The Bertz CT molecular complexity index is 706. The van der Waals surface area contributed by atoms with Crippen molar-refractivity contribution in [2.24, 2.45) is 22.8 Å². The number of hydrogen-bond donors (Lipinski definition) is 3. The number of nitrogens with two attached hydrogens (primary N) is 2. The van der Waals surface area contributed by atoms with Crippen LogP contribution in [0.5, 0.6) is 0 Å². The summed E-state index contributed by atoms with van der Waals surface area (Å²) in [6.07, 6.45) is 1.56. The van der Waals surface area contributed by atoms with E-state index >= 15 is 0 Å². The number of primary amides is 1. The summed E-state index contributed by atoms with van der Waals surface area (Å²) in [4.78, 5) is 24.1. The lowest BCUT2D eigenvalue weighted by atomic mass is 9.46. The van der Waals surface area contributed by atoms with E-state index in [4.69, 9.17) is 16.2 Å². The molecule has 3 atom stereocenters. The topological polar surface area (TPSA) is 107 Å². The zero-order valence-corrected chi connectivity index (χ0v) is 13.8. The SMILES string of the molecule is CC1(C)C2OCCCC2C1(N)C(=O)Nc1cc(C(N)=O)ccc1F. The van der Waals surface area contributed by atoms with E-state index in [-0.39, 0.29) is 23.3 Å². The highest BCUT2D eigenvalue weighted by atomic mass is 19.1. The van der Waals surface area contributed by atoms with Crippen molar-refractivity contribution in [2.75, 3.05) is 11.9 Å². The Morgan fingerprint density at radius 1 is 1.38 bits per heavy atom. The predicted octanol–water partition coefficient (Wildman–Crippen LogP) is 1.40. The molecule has 7 heteroatoms. The third-order valence-electron chi connectivity index (χ3n) is 5.56. The highest BCUT2D eigenvalue weighted by molar-refractivity contribution is 6.01. The first-order valence-corrected chi connectivity index (χ1v) is 8.01. The molecule has 2 fully saturated rings. The van der Waals surface area contributed by atoms with Gasteiger partial charge in [0.2, 0.25) is 11.8 Å². The Labute approximate surface area is 139 Å². The van der Waals surface area contributed by atoms with Gasteiger partial charge in [0, 0.05) is 23.5 Å². The molecule has 1 aromatic carbocycles. The summed E-state index contributed by atoms with van der Waals surface area (Å²) in [5.41, 5.74) is 9.96. The predicted molar refractivity (Wildman–Crippen MR) is 86.7 cm³/mol. The second-order valence-electron chi connectivity index (χ2n) is 7.14. The minimum atomic E-state index is -1.16. The lowest BCUT2D eigenvalue weighted by Crippen LogP contribution is -2.81. The number of rotatable bonds is 3. The van der Waals surface area contributed by atoms with Crippen molar-refractivity contribution in [1.29, 1.82) is 0 Å². The minimum absolute atomic E-state index is 0.0798. The van der Waals surface area contributed by atoms with Crippen molar-refractivity contribution in [3.63, 3.8) is 0 Å². The molecular weight excluding hydrogens is 313 g/mol. The summed E-state index contributed by atoms with van der Waals surface area (Å²) >= 11 is 0.